The normalized spacial score (nSPS) is 17.5. The average Bonchev–Trinajstić information content (AvgIpc) is 3.64. The molecule has 4 rings (SSSR count). The number of hydrogen-bond acceptors (Lipinski definition) is 6. The molecule has 2 aromatic heterocycles. The van der Waals surface area contributed by atoms with E-state index in [1.54, 1.807) is 17.6 Å². The van der Waals surface area contributed by atoms with Crippen molar-refractivity contribution in [1.29, 1.82) is 0 Å². The molecule has 33 heavy (non-hydrogen) atoms. The van der Waals surface area contributed by atoms with Crippen LogP contribution < -0.4 is 4.74 Å². The summed E-state index contributed by atoms with van der Waals surface area (Å²) in [6.45, 7) is 9.73. The van der Waals surface area contributed by atoms with Gasteiger partial charge in [0.2, 0.25) is 0 Å². The topological polar surface area (TPSA) is 95.6 Å². The van der Waals surface area contributed by atoms with Crippen molar-refractivity contribution in [1.82, 2.24) is 14.9 Å². The molecule has 1 saturated carbocycles. The number of amides is 1. The number of carboxylic acids is 1. The van der Waals surface area contributed by atoms with Gasteiger partial charge < -0.3 is 9.84 Å². The van der Waals surface area contributed by atoms with Crippen LogP contribution in [0.1, 0.15) is 59.1 Å². The Morgan fingerprint density at radius 2 is 2.09 bits per heavy atom. The molecular formula is C25H29N4O4+. The number of rotatable bonds is 8. The van der Waals surface area contributed by atoms with Gasteiger partial charge in [0.05, 0.1) is 25.0 Å². The standard InChI is InChI=1S/C25H28N4O4/c1-4-23(30)29-10-9-28(14-17(29)3)15-22(21-8-7-19(12-26-21)18-5-6-18)33-20-11-16(2)24(25(31)32)27-13-20/h4,7-8,11-13,18,22H,1,5-6,9-10,14-15H2,2-3H3/p+1. The summed E-state index contributed by atoms with van der Waals surface area (Å²) in [5.74, 6) is -0.0333. The van der Waals surface area contributed by atoms with E-state index in [9.17, 15) is 14.7 Å². The van der Waals surface area contributed by atoms with Gasteiger partial charge in [0.25, 0.3) is 0 Å². The van der Waals surface area contributed by atoms with Gasteiger partial charge >= 0.3 is 11.9 Å². The third-order valence-electron chi connectivity index (χ3n) is 6.14. The van der Waals surface area contributed by atoms with E-state index in [2.05, 4.69) is 22.5 Å². The minimum Gasteiger partial charge on any atom is -0.481 e. The predicted molar refractivity (Wildman–Crippen MR) is 123 cm³/mol. The highest BCUT2D eigenvalue weighted by molar-refractivity contribution is 5.89. The molecule has 1 N–H and O–H groups in total. The Bertz CT molecular complexity index is 1110. The third-order valence-corrected chi connectivity index (χ3v) is 6.14. The van der Waals surface area contributed by atoms with Crippen LogP contribution in [0, 0.1) is 6.92 Å². The second-order valence-corrected chi connectivity index (χ2v) is 8.70. The van der Waals surface area contributed by atoms with Crippen LogP contribution in [0.3, 0.4) is 0 Å². The molecule has 0 saturated heterocycles. The Morgan fingerprint density at radius 3 is 2.67 bits per heavy atom. The van der Waals surface area contributed by atoms with Gasteiger partial charge in [0.1, 0.15) is 5.75 Å². The Labute approximate surface area is 193 Å². The second-order valence-electron chi connectivity index (χ2n) is 8.70. The number of pyridine rings is 2. The Morgan fingerprint density at radius 1 is 1.30 bits per heavy atom. The number of carboxylic acid groups (broad SMARTS) is 1. The van der Waals surface area contributed by atoms with Crippen molar-refractivity contribution in [2.24, 2.45) is 0 Å². The fraction of sp³-hybridized carbons (Fsp3) is 0.400. The minimum atomic E-state index is -1.06. The van der Waals surface area contributed by atoms with Crippen molar-refractivity contribution < 1.29 is 24.0 Å². The summed E-state index contributed by atoms with van der Waals surface area (Å²) in [4.78, 5) is 34.3. The molecule has 0 radical (unpaired) electrons. The molecule has 172 valence electrons. The zero-order chi connectivity index (χ0) is 23.5. The van der Waals surface area contributed by atoms with E-state index in [1.165, 1.54) is 30.7 Å². The van der Waals surface area contributed by atoms with Gasteiger partial charge in [-0.25, -0.2) is 14.6 Å². The van der Waals surface area contributed by atoms with E-state index in [0.29, 0.717) is 43.4 Å². The quantitative estimate of drug-likeness (QED) is 0.489. The highest BCUT2D eigenvalue weighted by Gasteiger charge is 2.30. The van der Waals surface area contributed by atoms with Gasteiger partial charge in [-0.05, 0) is 48.9 Å². The maximum Gasteiger partial charge on any atom is 0.411 e. The molecule has 8 heteroatoms. The molecule has 1 unspecified atom stereocenters. The Balaban J connectivity index is 1.56. The summed E-state index contributed by atoms with van der Waals surface area (Å²) < 4.78 is 8.05. The van der Waals surface area contributed by atoms with Crippen molar-refractivity contribution >= 4 is 17.6 Å². The van der Waals surface area contributed by atoms with Crippen molar-refractivity contribution in [2.45, 2.75) is 38.7 Å². The largest absolute Gasteiger partial charge is 0.481 e. The van der Waals surface area contributed by atoms with E-state index in [1.807, 2.05) is 19.2 Å². The number of aromatic nitrogens is 2. The van der Waals surface area contributed by atoms with Gasteiger partial charge in [-0.2, -0.15) is 4.58 Å². The van der Waals surface area contributed by atoms with Crippen LogP contribution in [0.15, 0.2) is 43.2 Å². The van der Waals surface area contributed by atoms with Gasteiger partial charge in [0.15, 0.2) is 24.1 Å². The number of ether oxygens (including phenoxy) is 1. The highest BCUT2D eigenvalue weighted by Crippen LogP contribution is 2.39. The van der Waals surface area contributed by atoms with Crippen LogP contribution >= 0.6 is 0 Å². The lowest BCUT2D eigenvalue weighted by molar-refractivity contribution is -0.451. The SMILES string of the molecule is C=CC(=O)[N+]1=C(C)CN(CC(Oc2cnc(C(=O)O)c(C)c2)c2ccc(C3CC3)cn2)CC1. The molecular weight excluding hydrogens is 420 g/mol. The number of nitrogens with zero attached hydrogens (tertiary/aromatic N) is 4. The highest BCUT2D eigenvalue weighted by atomic mass is 16.5. The summed E-state index contributed by atoms with van der Waals surface area (Å²) >= 11 is 0. The second kappa shape index (κ2) is 9.62. The molecule has 0 spiro atoms. The van der Waals surface area contributed by atoms with E-state index in [4.69, 9.17) is 9.72 Å². The summed E-state index contributed by atoms with van der Waals surface area (Å²) in [6.07, 6.45) is 6.77. The first kappa shape index (κ1) is 22.8. The van der Waals surface area contributed by atoms with Crippen molar-refractivity contribution in [3.63, 3.8) is 0 Å². The predicted octanol–water partition coefficient (Wildman–Crippen LogP) is 2.98. The molecule has 1 aliphatic carbocycles. The maximum atomic E-state index is 12.1. The summed E-state index contributed by atoms with van der Waals surface area (Å²) in [5.41, 5.74) is 3.57. The van der Waals surface area contributed by atoms with Crippen LogP contribution in [0.25, 0.3) is 0 Å². The number of hydrogen-bond donors (Lipinski definition) is 1. The first-order chi connectivity index (χ1) is 15.9. The van der Waals surface area contributed by atoms with Crippen LogP contribution in [-0.4, -0.2) is 68.3 Å². The van der Waals surface area contributed by atoms with E-state index >= 15 is 0 Å². The molecule has 2 aliphatic rings. The monoisotopic (exact) mass is 449 g/mol. The minimum absolute atomic E-state index is 0.0130. The zero-order valence-corrected chi connectivity index (χ0v) is 19.0. The van der Waals surface area contributed by atoms with Crippen molar-refractivity contribution in [2.75, 3.05) is 26.2 Å². The van der Waals surface area contributed by atoms with Crippen molar-refractivity contribution in [3.8, 4) is 5.75 Å². The zero-order valence-electron chi connectivity index (χ0n) is 19.0. The first-order valence-electron chi connectivity index (χ1n) is 11.2. The summed E-state index contributed by atoms with van der Waals surface area (Å²) in [5, 5.41) is 9.26. The van der Waals surface area contributed by atoms with Crippen LogP contribution in [0.2, 0.25) is 0 Å². The van der Waals surface area contributed by atoms with Gasteiger partial charge in [-0.3, -0.25) is 9.88 Å². The number of carbonyl (C=O) groups is 2. The molecule has 1 atom stereocenters. The summed E-state index contributed by atoms with van der Waals surface area (Å²) in [6, 6.07) is 5.82. The van der Waals surface area contributed by atoms with Crippen molar-refractivity contribution in [3.05, 3.63) is 65.8 Å². The first-order valence-corrected chi connectivity index (χ1v) is 11.2. The Kier molecular flexibility index (Phi) is 6.65. The number of aryl methyl sites for hydroxylation is 1. The third kappa shape index (κ3) is 5.34. The average molecular weight is 450 g/mol. The fourth-order valence-electron chi connectivity index (χ4n) is 4.18. The Hall–Kier alpha value is -3.39. The molecule has 1 fully saturated rings. The lowest BCUT2D eigenvalue weighted by atomic mass is 10.1. The fourth-order valence-corrected chi connectivity index (χ4v) is 4.18. The van der Waals surface area contributed by atoms with E-state index < -0.39 is 5.97 Å². The van der Waals surface area contributed by atoms with E-state index in [0.717, 1.165) is 11.4 Å². The number of carbonyl (C=O) groups excluding carboxylic acids is 1. The molecule has 3 heterocycles. The molecule has 2 aromatic rings. The molecule has 1 aliphatic heterocycles. The van der Waals surface area contributed by atoms with Gasteiger partial charge in [-0.15, -0.1) is 0 Å². The summed E-state index contributed by atoms with van der Waals surface area (Å²) in [7, 11) is 0. The lowest BCUT2D eigenvalue weighted by Crippen LogP contribution is -2.47. The smallest absolute Gasteiger partial charge is 0.411 e. The van der Waals surface area contributed by atoms with E-state index in [-0.39, 0.29) is 17.7 Å². The maximum absolute atomic E-state index is 12.1. The molecule has 0 aromatic carbocycles. The van der Waals surface area contributed by atoms with Gasteiger partial charge in [0, 0.05) is 25.7 Å². The van der Waals surface area contributed by atoms with Crippen LogP contribution in [0.5, 0.6) is 5.75 Å². The van der Waals surface area contributed by atoms with Crippen LogP contribution in [-0.2, 0) is 4.79 Å². The molecule has 0 bridgehead atoms. The van der Waals surface area contributed by atoms with Crippen LogP contribution in [0.4, 0.5) is 0 Å². The molecule has 1 amide bonds. The lowest BCUT2D eigenvalue weighted by Gasteiger charge is -2.29. The molecule has 8 nitrogen and oxygen atoms in total. The number of aromatic carboxylic acids is 1. The van der Waals surface area contributed by atoms with Gasteiger partial charge in [-0.1, -0.05) is 12.6 Å².